The number of nitrogens with zero attached hydrogens (tertiary/aromatic N) is 1. The first-order valence-electron chi connectivity index (χ1n) is 6.54. The van der Waals surface area contributed by atoms with E-state index in [1.54, 1.807) is 12.1 Å². The molecule has 1 aromatic carbocycles. The molecule has 2 nitrogen and oxygen atoms in total. The summed E-state index contributed by atoms with van der Waals surface area (Å²) in [6.45, 7) is 2.69. The molecule has 0 radical (unpaired) electrons. The minimum absolute atomic E-state index is 0.223. The van der Waals surface area contributed by atoms with Gasteiger partial charge in [0, 0.05) is 24.1 Å². The number of aromatic nitrogens is 1. The molecule has 1 unspecified atom stereocenters. The van der Waals surface area contributed by atoms with E-state index in [0.717, 1.165) is 36.3 Å². The Morgan fingerprint density at radius 2 is 1.84 bits per heavy atom. The van der Waals surface area contributed by atoms with Gasteiger partial charge in [0.2, 0.25) is 0 Å². The SMILES string of the molecule is Cc1ccc(C2(c3ccc(F)cc3)CCCO2)cn1. The monoisotopic (exact) mass is 257 g/mol. The van der Waals surface area contributed by atoms with Crippen LogP contribution in [0.5, 0.6) is 0 Å². The summed E-state index contributed by atoms with van der Waals surface area (Å²) in [7, 11) is 0. The van der Waals surface area contributed by atoms with Gasteiger partial charge in [-0.3, -0.25) is 4.98 Å². The normalized spacial score (nSPS) is 22.6. The number of rotatable bonds is 2. The Balaban J connectivity index is 2.08. The maximum Gasteiger partial charge on any atom is 0.123 e. The summed E-state index contributed by atoms with van der Waals surface area (Å²) in [5.74, 6) is -0.223. The molecule has 3 heteroatoms. The zero-order valence-electron chi connectivity index (χ0n) is 10.9. The Bertz CT molecular complexity index is 509. The van der Waals surface area contributed by atoms with E-state index in [2.05, 4.69) is 11.1 Å². The van der Waals surface area contributed by atoms with E-state index in [0.29, 0.717) is 0 Å². The molecule has 0 spiro atoms. The van der Waals surface area contributed by atoms with Crippen LogP contribution in [0.25, 0.3) is 0 Å². The largest absolute Gasteiger partial charge is 0.365 e. The molecule has 98 valence electrons. The second-order valence-electron chi connectivity index (χ2n) is 4.97. The first kappa shape index (κ1) is 12.3. The van der Waals surface area contributed by atoms with Gasteiger partial charge >= 0.3 is 0 Å². The third-order valence-electron chi connectivity index (χ3n) is 3.71. The summed E-state index contributed by atoms with van der Waals surface area (Å²) in [5, 5.41) is 0. The third kappa shape index (κ3) is 2.15. The van der Waals surface area contributed by atoms with Crippen molar-refractivity contribution in [3.63, 3.8) is 0 Å². The van der Waals surface area contributed by atoms with Gasteiger partial charge in [0.1, 0.15) is 11.4 Å². The van der Waals surface area contributed by atoms with Gasteiger partial charge in [0.25, 0.3) is 0 Å². The van der Waals surface area contributed by atoms with E-state index >= 15 is 0 Å². The van der Waals surface area contributed by atoms with Crippen molar-refractivity contribution in [1.29, 1.82) is 0 Å². The Labute approximate surface area is 112 Å². The van der Waals surface area contributed by atoms with Crippen LogP contribution < -0.4 is 0 Å². The van der Waals surface area contributed by atoms with Crippen LogP contribution in [0.2, 0.25) is 0 Å². The number of aryl methyl sites for hydroxylation is 1. The van der Waals surface area contributed by atoms with Crippen molar-refractivity contribution < 1.29 is 9.13 Å². The van der Waals surface area contributed by atoms with E-state index in [-0.39, 0.29) is 5.82 Å². The molecule has 0 N–H and O–H groups in total. The highest BCUT2D eigenvalue weighted by molar-refractivity contribution is 5.36. The Morgan fingerprint density at radius 3 is 2.42 bits per heavy atom. The summed E-state index contributed by atoms with van der Waals surface area (Å²) in [6, 6.07) is 10.6. The molecule has 1 fully saturated rings. The molecule has 3 rings (SSSR count). The molecule has 1 atom stereocenters. The molecule has 19 heavy (non-hydrogen) atoms. The quantitative estimate of drug-likeness (QED) is 0.820. The van der Waals surface area contributed by atoms with Gasteiger partial charge in [-0.05, 0) is 43.5 Å². The van der Waals surface area contributed by atoms with Crippen molar-refractivity contribution in [3.8, 4) is 0 Å². The number of pyridine rings is 1. The van der Waals surface area contributed by atoms with Crippen LogP contribution in [0.15, 0.2) is 42.6 Å². The van der Waals surface area contributed by atoms with Crippen molar-refractivity contribution in [2.75, 3.05) is 6.61 Å². The first-order chi connectivity index (χ1) is 9.21. The fraction of sp³-hybridized carbons (Fsp3) is 0.312. The Morgan fingerprint density at radius 1 is 1.11 bits per heavy atom. The van der Waals surface area contributed by atoms with E-state index < -0.39 is 5.60 Å². The molecule has 1 aliphatic heterocycles. The summed E-state index contributed by atoms with van der Waals surface area (Å²) in [5.41, 5.74) is 2.56. The maximum absolute atomic E-state index is 13.1. The van der Waals surface area contributed by atoms with Gasteiger partial charge in [-0.1, -0.05) is 18.2 Å². The van der Waals surface area contributed by atoms with Crippen LogP contribution in [0.3, 0.4) is 0 Å². The molecule has 0 aliphatic carbocycles. The minimum atomic E-state index is -0.464. The van der Waals surface area contributed by atoms with Crippen molar-refractivity contribution in [2.24, 2.45) is 0 Å². The lowest BCUT2D eigenvalue weighted by Gasteiger charge is -2.29. The third-order valence-corrected chi connectivity index (χ3v) is 3.71. The van der Waals surface area contributed by atoms with Gasteiger partial charge in [-0.25, -0.2) is 4.39 Å². The second kappa shape index (κ2) is 4.74. The van der Waals surface area contributed by atoms with Crippen LogP contribution in [0.1, 0.15) is 29.7 Å². The molecule has 0 amide bonds. The van der Waals surface area contributed by atoms with Crippen molar-refractivity contribution in [2.45, 2.75) is 25.4 Å². The fourth-order valence-electron chi connectivity index (χ4n) is 2.69. The smallest absolute Gasteiger partial charge is 0.123 e. The second-order valence-corrected chi connectivity index (χ2v) is 4.97. The number of halogens is 1. The van der Waals surface area contributed by atoms with Crippen molar-refractivity contribution in [3.05, 3.63) is 65.2 Å². The van der Waals surface area contributed by atoms with Crippen LogP contribution in [0.4, 0.5) is 4.39 Å². The van der Waals surface area contributed by atoms with Crippen molar-refractivity contribution in [1.82, 2.24) is 4.98 Å². The predicted molar refractivity (Wildman–Crippen MR) is 71.3 cm³/mol. The van der Waals surface area contributed by atoms with Gasteiger partial charge < -0.3 is 4.74 Å². The maximum atomic E-state index is 13.1. The average molecular weight is 257 g/mol. The summed E-state index contributed by atoms with van der Waals surface area (Å²) < 4.78 is 19.1. The molecule has 1 saturated heterocycles. The highest BCUT2D eigenvalue weighted by Crippen LogP contribution is 2.41. The van der Waals surface area contributed by atoms with E-state index in [4.69, 9.17) is 4.74 Å². The van der Waals surface area contributed by atoms with E-state index in [1.807, 2.05) is 19.2 Å². The minimum Gasteiger partial charge on any atom is -0.365 e. The molecule has 1 aliphatic rings. The molecular weight excluding hydrogens is 241 g/mol. The molecule has 0 saturated carbocycles. The van der Waals surface area contributed by atoms with Gasteiger partial charge in [0.15, 0.2) is 0 Å². The first-order valence-corrected chi connectivity index (χ1v) is 6.54. The number of hydrogen-bond donors (Lipinski definition) is 0. The zero-order valence-corrected chi connectivity index (χ0v) is 10.9. The average Bonchev–Trinajstić information content (AvgIpc) is 2.91. The highest BCUT2D eigenvalue weighted by Gasteiger charge is 2.39. The summed E-state index contributed by atoms with van der Waals surface area (Å²) in [6.07, 6.45) is 3.78. The van der Waals surface area contributed by atoms with Crippen LogP contribution in [-0.4, -0.2) is 11.6 Å². The van der Waals surface area contributed by atoms with Crippen LogP contribution in [0, 0.1) is 12.7 Å². The van der Waals surface area contributed by atoms with Crippen LogP contribution in [-0.2, 0) is 10.3 Å². The Kier molecular flexibility index (Phi) is 3.07. The lowest BCUT2D eigenvalue weighted by Crippen LogP contribution is -2.26. The molecule has 1 aromatic heterocycles. The topological polar surface area (TPSA) is 22.1 Å². The predicted octanol–water partition coefficient (Wildman–Crippen LogP) is 3.58. The molecular formula is C16H16FNO. The van der Waals surface area contributed by atoms with Gasteiger partial charge in [-0.15, -0.1) is 0 Å². The highest BCUT2D eigenvalue weighted by atomic mass is 19.1. The summed E-state index contributed by atoms with van der Waals surface area (Å²) in [4.78, 5) is 4.36. The molecule has 0 bridgehead atoms. The zero-order chi connectivity index (χ0) is 13.3. The summed E-state index contributed by atoms with van der Waals surface area (Å²) >= 11 is 0. The van der Waals surface area contributed by atoms with E-state index in [9.17, 15) is 4.39 Å². The Hall–Kier alpha value is -1.74. The lowest BCUT2D eigenvalue weighted by atomic mass is 9.85. The van der Waals surface area contributed by atoms with Gasteiger partial charge in [-0.2, -0.15) is 0 Å². The number of benzene rings is 1. The lowest BCUT2D eigenvalue weighted by molar-refractivity contribution is 0.0356. The molecule has 2 heterocycles. The van der Waals surface area contributed by atoms with Crippen molar-refractivity contribution >= 4 is 0 Å². The van der Waals surface area contributed by atoms with Gasteiger partial charge in [0.05, 0.1) is 0 Å². The van der Waals surface area contributed by atoms with E-state index in [1.165, 1.54) is 12.1 Å². The number of hydrogen-bond acceptors (Lipinski definition) is 2. The molecule has 2 aromatic rings. The fourth-order valence-corrected chi connectivity index (χ4v) is 2.69. The number of ether oxygens (including phenoxy) is 1. The standard InChI is InChI=1S/C16H16FNO/c1-12-3-4-14(11-18-12)16(9-2-10-19-16)13-5-7-15(17)8-6-13/h3-8,11H,2,9-10H2,1H3. The van der Waals surface area contributed by atoms with Crippen LogP contribution >= 0.6 is 0 Å².